The van der Waals surface area contributed by atoms with Gasteiger partial charge < -0.3 is 14.2 Å². The Morgan fingerprint density at radius 3 is 2.58 bits per heavy atom. The van der Waals surface area contributed by atoms with E-state index in [9.17, 15) is 4.79 Å². The topological polar surface area (TPSA) is 69.7 Å². The molecule has 0 spiro atoms. The van der Waals surface area contributed by atoms with Crippen LogP contribution < -0.4 is 19.5 Å². The van der Waals surface area contributed by atoms with Gasteiger partial charge in [0.15, 0.2) is 16.6 Å². The molecule has 26 heavy (non-hydrogen) atoms. The summed E-state index contributed by atoms with van der Waals surface area (Å²) < 4.78 is 16.0. The molecule has 0 aliphatic carbocycles. The lowest BCUT2D eigenvalue weighted by Crippen LogP contribution is -2.12. The third-order valence-electron chi connectivity index (χ3n) is 3.55. The van der Waals surface area contributed by atoms with Gasteiger partial charge in [-0.05, 0) is 30.3 Å². The summed E-state index contributed by atoms with van der Waals surface area (Å²) in [5.74, 6) is 1.57. The Morgan fingerprint density at radius 1 is 1.08 bits per heavy atom. The number of hydrogen-bond donors (Lipinski definition) is 1. The number of hydrogen-bond acceptors (Lipinski definition) is 6. The summed E-state index contributed by atoms with van der Waals surface area (Å²) in [5.41, 5.74) is 1.21. The summed E-state index contributed by atoms with van der Waals surface area (Å²) in [6.45, 7) is 0.340. The fourth-order valence-corrected chi connectivity index (χ4v) is 2.94. The van der Waals surface area contributed by atoms with Crippen LogP contribution in [-0.2, 0) is 6.61 Å². The van der Waals surface area contributed by atoms with Crippen LogP contribution in [0.3, 0.4) is 0 Å². The first kappa shape index (κ1) is 17.8. The van der Waals surface area contributed by atoms with Crippen LogP contribution in [0.1, 0.15) is 16.1 Å². The maximum Gasteiger partial charge on any atom is 0.257 e. The molecule has 0 bridgehead atoms. The summed E-state index contributed by atoms with van der Waals surface area (Å²) >= 11 is 1.35. The highest BCUT2D eigenvalue weighted by Crippen LogP contribution is 2.28. The van der Waals surface area contributed by atoms with Crippen molar-refractivity contribution in [2.75, 3.05) is 19.5 Å². The Bertz CT molecular complexity index is 880. The van der Waals surface area contributed by atoms with E-state index in [1.165, 1.54) is 18.4 Å². The maximum absolute atomic E-state index is 12.4. The average Bonchev–Trinajstić information content (AvgIpc) is 3.13. The standard InChI is InChI=1S/C19H18N2O4S/c1-23-16-9-8-13(10-17(16)24-2)18(22)21-19-20-14(12-26-19)11-25-15-6-4-3-5-7-15/h3-10,12H,11H2,1-2H3,(H,20,21,22). The number of amides is 1. The van der Waals surface area contributed by atoms with E-state index < -0.39 is 0 Å². The molecule has 0 fully saturated rings. The van der Waals surface area contributed by atoms with Gasteiger partial charge in [-0.25, -0.2) is 4.98 Å². The number of nitrogens with one attached hydrogen (secondary N) is 1. The number of para-hydroxylation sites is 1. The molecule has 0 aliphatic rings. The monoisotopic (exact) mass is 370 g/mol. The molecule has 0 unspecified atom stereocenters. The van der Waals surface area contributed by atoms with E-state index in [4.69, 9.17) is 14.2 Å². The molecule has 1 amide bonds. The van der Waals surface area contributed by atoms with E-state index in [0.717, 1.165) is 11.4 Å². The lowest BCUT2D eigenvalue weighted by molar-refractivity contribution is 0.102. The second-order valence-electron chi connectivity index (χ2n) is 5.27. The zero-order valence-electron chi connectivity index (χ0n) is 14.4. The predicted octanol–water partition coefficient (Wildman–Crippen LogP) is 3.99. The number of benzene rings is 2. The van der Waals surface area contributed by atoms with Gasteiger partial charge >= 0.3 is 0 Å². The second-order valence-corrected chi connectivity index (χ2v) is 6.13. The van der Waals surface area contributed by atoms with Gasteiger partial charge in [-0.15, -0.1) is 11.3 Å². The summed E-state index contributed by atoms with van der Waals surface area (Å²) in [4.78, 5) is 16.8. The van der Waals surface area contributed by atoms with Gasteiger partial charge in [0.2, 0.25) is 0 Å². The van der Waals surface area contributed by atoms with Crippen LogP contribution in [0.4, 0.5) is 5.13 Å². The Balaban J connectivity index is 1.62. The fraction of sp³-hybridized carbons (Fsp3) is 0.158. The summed E-state index contributed by atoms with van der Waals surface area (Å²) in [5, 5.41) is 5.15. The third-order valence-corrected chi connectivity index (χ3v) is 4.35. The van der Waals surface area contributed by atoms with Crippen molar-refractivity contribution in [1.82, 2.24) is 4.98 Å². The van der Waals surface area contributed by atoms with Crippen LogP contribution >= 0.6 is 11.3 Å². The number of anilines is 1. The van der Waals surface area contributed by atoms with E-state index in [1.807, 2.05) is 35.7 Å². The Labute approximate surface area is 155 Å². The number of rotatable bonds is 7. The molecule has 0 saturated carbocycles. The lowest BCUT2D eigenvalue weighted by Gasteiger charge is -2.09. The van der Waals surface area contributed by atoms with E-state index in [-0.39, 0.29) is 5.91 Å². The van der Waals surface area contributed by atoms with E-state index >= 15 is 0 Å². The number of thiazole rings is 1. The molecule has 0 saturated heterocycles. The van der Waals surface area contributed by atoms with Crippen molar-refractivity contribution in [2.45, 2.75) is 6.61 Å². The molecule has 134 valence electrons. The number of carbonyl (C=O) groups excluding carboxylic acids is 1. The molecule has 1 heterocycles. The van der Waals surface area contributed by atoms with E-state index in [1.54, 1.807) is 25.3 Å². The Morgan fingerprint density at radius 2 is 1.85 bits per heavy atom. The van der Waals surface area contributed by atoms with Gasteiger partial charge in [-0.3, -0.25) is 10.1 Å². The number of ether oxygens (including phenoxy) is 3. The van der Waals surface area contributed by atoms with Gasteiger partial charge in [0.25, 0.3) is 5.91 Å². The highest BCUT2D eigenvalue weighted by molar-refractivity contribution is 7.13. The van der Waals surface area contributed by atoms with Crippen LogP contribution in [0, 0.1) is 0 Å². The fourth-order valence-electron chi connectivity index (χ4n) is 2.25. The molecule has 0 radical (unpaired) electrons. The molecule has 3 rings (SSSR count). The molecule has 7 heteroatoms. The number of methoxy groups -OCH3 is 2. The van der Waals surface area contributed by atoms with Crippen LogP contribution in [0.5, 0.6) is 17.2 Å². The van der Waals surface area contributed by atoms with Gasteiger partial charge in [0.05, 0.1) is 19.9 Å². The number of nitrogens with zero attached hydrogens (tertiary/aromatic N) is 1. The quantitative estimate of drug-likeness (QED) is 0.681. The average molecular weight is 370 g/mol. The predicted molar refractivity (Wildman–Crippen MR) is 100 cm³/mol. The molecule has 3 aromatic rings. The maximum atomic E-state index is 12.4. The first-order chi connectivity index (χ1) is 12.7. The van der Waals surface area contributed by atoms with E-state index in [2.05, 4.69) is 10.3 Å². The largest absolute Gasteiger partial charge is 0.493 e. The van der Waals surface area contributed by atoms with Crippen LogP contribution in [-0.4, -0.2) is 25.1 Å². The van der Waals surface area contributed by atoms with Gasteiger partial charge in [-0.2, -0.15) is 0 Å². The van der Waals surface area contributed by atoms with Crippen molar-refractivity contribution < 1.29 is 19.0 Å². The van der Waals surface area contributed by atoms with Crippen LogP contribution in [0.2, 0.25) is 0 Å². The van der Waals surface area contributed by atoms with Crippen molar-refractivity contribution >= 4 is 22.4 Å². The van der Waals surface area contributed by atoms with Crippen molar-refractivity contribution in [3.63, 3.8) is 0 Å². The molecule has 1 N–H and O–H groups in total. The molecular formula is C19H18N2O4S. The highest BCUT2D eigenvalue weighted by atomic mass is 32.1. The van der Waals surface area contributed by atoms with Crippen molar-refractivity contribution in [2.24, 2.45) is 0 Å². The molecular weight excluding hydrogens is 352 g/mol. The third kappa shape index (κ3) is 4.31. The normalized spacial score (nSPS) is 10.2. The van der Waals surface area contributed by atoms with Gasteiger partial charge in [0, 0.05) is 10.9 Å². The zero-order chi connectivity index (χ0) is 18.4. The summed E-state index contributed by atoms with van der Waals surface area (Å²) in [6.07, 6.45) is 0. The first-order valence-corrected chi connectivity index (χ1v) is 8.73. The Hall–Kier alpha value is -3.06. The second kappa shape index (κ2) is 8.35. The van der Waals surface area contributed by atoms with Gasteiger partial charge in [0.1, 0.15) is 12.4 Å². The SMILES string of the molecule is COc1ccc(C(=O)Nc2nc(COc3ccccc3)cs2)cc1OC. The highest BCUT2D eigenvalue weighted by Gasteiger charge is 2.13. The number of carbonyl (C=O) groups is 1. The molecule has 1 aromatic heterocycles. The van der Waals surface area contributed by atoms with Gasteiger partial charge in [-0.1, -0.05) is 18.2 Å². The van der Waals surface area contributed by atoms with Crippen molar-refractivity contribution in [3.05, 3.63) is 65.2 Å². The Kier molecular flexibility index (Phi) is 5.70. The summed E-state index contributed by atoms with van der Waals surface area (Å²) in [7, 11) is 3.07. The first-order valence-electron chi connectivity index (χ1n) is 7.85. The van der Waals surface area contributed by atoms with Crippen LogP contribution in [0.15, 0.2) is 53.9 Å². The number of aromatic nitrogens is 1. The minimum atomic E-state index is -0.268. The minimum Gasteiger partial charge on any atom is -0.493 e. The minimum absolute atomic E-state index is 0.268. The zero-order valence-corrected chi connectivity index (χ0v) is 15.2. The lowest BCUT2D eigenvalue weighted by atomic mass is 10.2. The molecule has 2 aromatic carbocycles. The molecule has 6 nitrogen and oxygen atoms in total. The summed E-state index contributed by atoms with van der Waals surface area (Å²) in [6, 6.07) is 14.5. The smallest absolute Gasteiger partial charge is 0.257 e. The van der Waals surface area contributed by atoms with E-state index in [0.29, 0.717) is 28.8 Å². The molecule has 0 atom stereocenters. The van der Waals surface area contributed by atoms with Crippen molar-refractivity contribution in [3.8, 4) is 17.2 Å². The van der Waals surface area contributed by atoms with Crippen LogP contribution in [0.25, 0.3) is 0 Å². The molecule has 0 aliphatic heterocycles. The van der Waals surface area contributed by atoms with Crippen molar-refractivity contribution in [1.29, 1.82) is 0 Å².